The molecule has 0 N–H and O–H groups in total. The highest BCUT2D eigenvalue weighted by Crippen LogP contribution is 2.59. The van der Waals surface area contributed by atoms with Crippen LogP contribution in [0.5, 0.6) is 11.5 Å². The van der Waals surface area contributed by atoms with Crippen LogP contribution in [0.1, 0.15) is 22.3 Å². The maximum atomic E-state index is 7.51. The molecular formula is C65H43NO. The zero-order valence-corrected chi connectivity index (χ0v) is 36.7. The fourth-order valence-corrected chi connectivity index (χ4v) is 11.0. The SMILES string of the molecule is c1ccc(-c2ccc(N(c3ccc4c(c3)C(c3ccccc3)(c3ccccc3)c3ccccc3-4)c3cccc4c3Oc3cc5ccccc5cc3-c3cccc(-c5ccccc5)c3-4)cc2)cc1. The number of benzene rings is 11. The molecule has 11 aromatic rings. The molecule has 0 saturated heterocycles. The van der Waals surface area contributed by atoms with E-state index in [1.54, 1.807) is 0 Å². The lowest BCUT2D eigenvalue weighted by Crippen LogP contribution is -2.28. The first-order valence-corrected chi connectivity index (χ1v) is 23.1. The van der Waals surface area contributed by atoms with Crippen LogP contribution >= 0.6 is 0 Å². The van der Waals surface area contributed by atoms with Gasteiger partial charge in [-0.05, 0) is 114 Å². The summed E-state index contributed by atoms with van der Waals surface area (Å²) in [5.41, 5.74) is 18.9. The van der Waals surface area contributed by atoms with E-state index in [1.807, 2.05) is 0 Å². The molecule has 0 atom stereocenters. The lowest BCUT2D eigenvalue weighted by Gasteiger charge is -2.35. The average Bonchev–Trinajstić information content (AvgIpc) is 3.62. The molecule has 0 aromatic heterocycles. The van der Waals surface area contributed by atoms with Gasteiger partial charge in [0.15, 0.2) is 5.75 Å². The van der Waals surface area contributed by atoms with Gasteiger partial charge in [0.2, 0.25) is 0 Å². The van der Waals surface area contributed by atoms with Crippen molar-refractivity contribution < 1.29 is 4.74 Å². The molecule has 0 amide bonds. The molecule has 2 heteroatoms. The minimum atomic E-state index is -0.569. The average molecular weight is 854 g/mol. The van der Waals surface area contributed by atoms with Crippen LogP contribution < -0.4 is 9.64 Å². The van der Waals surface area contributed by atoms with Gasteiger partial charge in [-0.25, -0.2) is 0 Å². The number of anilines is 3. The van der Waals surface area contributed by atoms with Crippen LogP contribution in [-0.4, -0.2) is 0 Å². The van der Waals surface area contributed by atoms with Crippen molar-refractivity contribution in [3.63, 3.8) is 0 Å². The second-order valence-electron chi connectivity index (χ2n) is 17.6. The van der Waals surface area contributed by atoms with Gasteiger partial charge in [-0.15, -0.1) is 0 Å². The van der Waals surface area contributed by atoms with E-state index < -0.39 is 5.41 Å². The molecule has 0 radical (unpaired) electrons. The molecular weight excluding hydrogens is 811 g/mol. The molecule has 0 unspecified atom stereocenters. The fraction of sp³-hybridized carbons (Fsp3) is 0.0154. The number of nitrogens with zero attached hydrogens (tertiary/aromatic N) is 1. The highest BCUT2D eigenvalue weighted by Gasteiger charge is 2.46. The minimum absolute atomic E-state index is 0.569. The Labute approximate surface area is 391 Å². The summed E-state index contributed by atoms with van der Waals surface area (Å²) >= 11 is 0. The molecule has 2 aliphatic rings. The number of fused-ring (bicyclic) bond motifs is 9. The van der Waals surface area contributed by atoms with Crippen molar-refractivity contribution in [2.45, 2.75) is 5.41 Å². The monoisotopic (exact) mass is 853 g/mol. The quantitative estimate of drug-likeness (QED) is 0.158. The zero-order chi connectivity index (χ0) is 44.3. The maximum absolute atomic E-state index is 7.51. The Hall–Kier alpha value is -8.72. The summed E-state index contributed by atoms with van der Waals surface area (Å²) in [5, 5.41) is 2.30. The highest BCUT2D eigenvalue weighted by molar-refractivity contribution is 6.04. The van der Waals surface area contributed by atoms with Crippen LogP contribution in [0.25, 0.3) is 66.4 Å². The third kappa shape index (κ3) is 6.18. The molecule has 67 heavy (non-hydrogen) atoms. The lowest BCUT2D eigenvalue weighted by atomic mass is 9.67. The van der Waals surface area contributed by atoms with E-state index in [0.717, 1.165) is 72.9 Å². The van der Waals surface area contributed by atoms with Gasteiger partial charge in [-0.2, -0.15) is 0 Å². The smallest absolute Gasteiger partial charge is 0.159 e. The van der Waals surface area contributed by atoms with E-state index in [-0.39, 0.29) is 0 Å². The van der Waals surface area contributed by atoms with Crippen molar-refractivity contribution in [3.8, 4) is 67.1 Å². The Morgan fingerprint density at radius 1 is 0.313 bits per heavy atom. The van der Waals surface area contributed by atoms with E-state index in [1.165, 1.54) is 44.3 Å². The van der Waals surface area contributed by atoms with Gasteiger partial charge in [0.25, 0.3) is 0 Å². The molecule has 0 spiro atoms. The first-order valence-electron chi connectivity index (χ1n) is 23.1. The summed E-state index contributed by atoms with van der Waals surface area (Å²) in [6.07, 6.45) is 0. The molecule has 13 rings (SSSR count). The minimum Gasteiger partial charge on any atom is -0.454 e. The molecule has 1 aliphatic carbocycles. The number of ether oxygens (including phenoxy) is 1. The van der Waals surface area contributed by atoms with Crippen molar-refractivity contribution >= 4 is 27.8 Å². The predicted octanol–water partition coefficient (Wildman–Crippen LogP) is 17.4. The van der Waals surface area contributed by atoms with Crippen molar-refractivity contribution in [1.29, 1.82) is 0 Å². The second kappa shape index (κ2) is 15.8. The Bertz CT molecular complexity index is 3600. The van der Waals surface area contributed by atoms with Gasteiger partial charge in [0.05, 0.1) is 11.1 Å². The van der Waals surface area contributed by atoms with Gasteiger partial charge in [0.1, 0.15) is 5.75 Å². The molecule has 11 aromatic carbocycles. The molecule has 1 heterocycles. The number of rotatable bonds is 7. The largest absolute Gasteiger partial charge is 0.454 e. The van der Waals surface area contributed by atoms with E-state index in [0.29, 0.717) is 0 Å². The zero-order valence-electron chi connectivity index (χ0n) is 36.7. The van der Waals surface area contributed by atoms with Crippen LogP contribution in [0.3, 0.4) is 0 Å². The van der Waals surface area contributed by atoms with E-state index in [2.05, 4.69) is 266 Å². The van der Waals surface area contributed by atoms with Gasteiger partial charge in [-0.1, -0.05) is 218 Å². The van der Waals surface area contributed by atoms with Crippen LogP contribution in [0, 0.1) is 0 Å². The standard InChI is InChI=1S/C65H43NO/c1-5-19-44(20-6-1)45-35-37-51(38-36-45)66(52-39-40-55-54-29-15-16-33-59(54)65(60(55)43-52,49-25-9-3-10-26-49)50-27-11-4-12-28-50)61-34-18-32-57-63-53(46-21-7-2-8-22-46)30-17-31-56(63)58-41-47-23-13-14-24-48(47)42-62(58)67-64(57)61/h1-43H. The first-order chi connectivity index (χ1) is 33.2. The van der Waals surface area contributed by atoms with E-state index in [4.69, 9.17) is 4.74 Å². The molecule has 2 nitrogen and oxygen atoms in total. The Kier molecular flexibility index (Phi) is 9.11. The lowest BCUT2D eigenvalue weighted by molar-refractivity contribution is 0.489. The van der Waals surface area contributed by atoms with Crippen molar-refractivity contribution in [1.82, 2.24) is 0 Å². The van der Waals surface area contributed by atoms with Crippen LogP contribution in [0.2, 0.25) is 0 Å². The van der Waals surface area contributed by atoms with Crippen LogP contribution in [0.4, 0.5) is 17.1 Å². The molecule has 1 aliphatic heterocycles. The summed E-state index contributed by atoms with van der Waals surface area (Å²) in [6, 6.07) is 94.9. The van der Waals surface area contributed by atoms with Gasteiger partial charge < -0.3 is 9.64 Å². The summed E-state index contributed by atoms with van der Waals surface area (Å²) < 4.78 is 7.51. The number of hydrogen-bond donors (Lipinski definition) is 0. The predicted molar refractivity (Wildman–Crippen MR) is 278 cm³/mol. The number of hydrogen-bond acceptors (Lipinski definition) is 2. The van der Waals surface area contributed by atoms with Gasteiger partial charge >= 0.3 is 0 Å². The van der Waals surface area contributed by atoms with Crippen molar-refractivity contribution in [2.75, 3.05) is 4.90 Å². The summed E-state index contributed by atoms with van der Waals surface area (Å²) in [5.74, 6) is 1.63. The molecule has 0 bridgehead atoms. The second-order valence-corrected chi connectivity index (χ2v) is 17.6. The maximum Gasteiger partial charge on any atom is 0.159 e. The van der Waals surface area contributed by atoms with Gasteiger partial charge in [0, 0.05) is 28.1 Å². The topological polar surface area (TPSA) is 12.5 Å². The van der Waals surface area contributed by atoms with Crippen molar-refractivity contribution in [2.24, 2.45) is 0 Å². The molecule has 314 valence electrons. The molecule has 0 saturated carbocycles. The third-order valence-electron chi connectivity index (χ3n) is 13.9. The number of para-hydroxylation sites is 1. The van der Waals surface area contributed by atoms with E-state index in [9.17, 15) is 0 Å². The Balaban J connectivity index is 1.10. The van der Waals surface area contributed by atoms with Gasteiger partial charge in [-0.3, -0.25) is 0 Å². The summed E-state index contributed by atoms with van der Waals surface area (Å²) in [4.78, 5) is 2.41. The molecule has 0 fully saturated rings. The summed E-state index contributed by atoms with van der Waals surface area (Å²) in [7, 11) is 0. The van der Waals surface area contributed by atoms with E-state index >= 15 is 0 Å². The Morgan fingerprint density at radius 3 is 1.55 bits per heavy atom. The fourth-order valence-electron chi connectivity index (χ4n) is 11.0. The Morgan fingerprint density at radius 2 is 0.836 bits per heavy atom. The summed E-state index contributed by atoms with van der Waals surface area (Å²) in [6.45, 7) is 0. The van der Waals surface area contributed by atoms with Crippen LogP contribution in [0.15, 0.2) is 261 Å². The van der Waals surface area contributed by atoms with Crippen LogP contribution in [-0.2, 0) is 5.41 Å². The van der Waals surface area contributed by atoms with Crippen molar-refractivity contribution in [3.05, 3.63) is 283 Å². The normalized spacial score (nSPS) is 12.7. The highest BCUT2D eigenvalue weighted by atomic mass is 16.5. The third-order valence-corrected chi connectivity index (χ3v) is 13.9. The first kappa shape index (κ1) is 38.7.